The summed E-state index contributed by atoms with van der Waals surface area (Å²) >= 11 is 5.54. The first-order chi connectivity index (χ1) is 7.73. The van der Waals surface area contributed by atoms with E-state index >= 15 is 0 Å². The Labute approximate surface area is 109 Å². The van der Waals surface area contributed by atoms with E-state index in [0.29, 0.717) is 12.4 Å². The third-order valence-electron chi connectivity index (χ3n) is 2.82. The summed E-state index contributed by atoms with van der Waals surface area (Å²) in [4.78, 5) is 11.7. The average molecular weight is 284 g/mol. The van der Waals surface area contributed by atoms with Crippen molar-refractivity contribution in [1.82, 2.24) is 5.32 Å². The lowest BCUT2D eigenvalue weighted by Gasteiger charge is -2.21. The molecule has 1 N–H and O–H groups in total. The van der Waals surface area contributed by atoms with Crippen LogP contribution < -0.4 is 5.32 Å². The van der Waals surface area contributed by atoms with Gasteiger partial charge in [0.1, 0.15) is 4.75 Å². The second kappa shape index (κ2) is 7.21. The van der Waals surface area contributed by atoms with Gasteiger partial charge in [0, 0.05) is 18.7 Å². The van der Waals surface area contributed by atoms with Crippen LogP contribution in [0.5, 0.6) is 0 Å². The molecule has 0 saturated heterocycles. The maximum Gasteiger partial charge on any atom is 0.240 e. The summed E-state index contributed by atoms with van der Waals surface area (Å²) in [5, 5.41) is 2.66. The van der Waals surface area contributed by atoms with Gasteiger partial charge in [0.05, 0.1) is 0 Å². The first kappa shape index (κ1) is 16.7. The highest BCUT2D eigenvalue weighted by Gasteiger charge is 2.37. The van der Waals surface area contributed by atoms with Gasteiger partial charge in [-0.1, -0.05) is 12.8 Å². The minimum atomic E-state index is -3.38. The Morgan fingerprint density at radius 2 is 1.71 bits per heavy atom. The largest absolute Gasteiger partial charge is 0.355 e. The molecule has 0 spiro atoms. The van der Waals surface area contributed by atoms with Crippen molar-refractivity contribution in [1.29, 1.82) is 0 Å². The molecule has 6 heteroatoms. The van der Waals surface area contributed by atoms with Gasteiger partial charge < -0.3 is 5.32 Å². The molecule has 4 nitrogen and oxygen atoms in total. The van der Waals surface area contributed by atoms with E-state index in [9.17, 15) is 13.2 Å². The number of alkyl halides is 1. The number of hydrogen-bond acceptors (Lipinski definition) is 3. The Bertz CT molecular complexity index is 339. The van der Waals surface area contributed by atoms with E-state index in [4.69, 9.17) is 11.6 Å². The Hall–Kier alpha value is -0.290. The molecule has 0 aromatic rings. The highest BCUT2D eigenvalue weighted by atomic mass is 35.5. The van der Waals surface area contributed by atoms with Crippen LogP contribution in [-0.4, -0.2) is 37.8 Å². The zero-order valence-electron chi connectivity index (χ0n) is 10.8. The second-order valence-corrected chi connectivity index (χ2v) is 7.58. The van der Waals surface area contributed by atoms with Gasteiger partial charge in [0.25, 0.3) is 0 Å². The van der Waals surface area contributed by atoms with Crippen molar-refractivity contribution in [3.63, 3.8) is 0 Å². The number of amides is 1. The minimum Gasteiger partial charge on any atom is -0.355 e. The van der Waals surface area contributed by atoms with Gasteiger partial charge in [-0.3, -0.25) is 4.79 Å². The van der Waals surface area contributed by atoms with Crippen molar-refractivity contribution < 1.29 is 13.2 Å². The number of carbonyl (C=O) groups is 1. The van der Waals surface area contributed by atoms with Crippen LogP contribution in [0.25, 0.3) is 0 Å². The molecule has 0 saturated carbocycles. The van der Waals surface area contributed by atoms with Crippen molar-refractivity contribution in [2.45, 2.75) is 44.3 Å². The van der Waals surface area contributed by atoms with Crippen LogP contribution in [0.4, 0.5) is 0 Å². The van der Waals surface area contributed by atoms with Gasteiger partial charge in [0.2, 0.25) is 5.91 Å². The van der Waals surface area contributed by atoms with E-state index in [2.05, 4.69) is 5.32 Å². The first-order valence-electron chi connectivity index (χ1n) is 5.77. The predicted octanol–water partition coefficient (Wildman–Crippen LogP) is 1.72. The summed E-state index contributed by atoms with van der Waals surface area (Å²) in [7, 11) is -3.38. The number of unbranched alkanes of at least 4 members (excludes halogenated alkanes) is 3. The van der Waals surface area contributed by atoms with Crippen molar-refractivity contribution in [3.05, 3.63) is 0 Å². The fourth-order valence-electron chi connectivity index (χ4n) is 1.16. The molecule has 0 bridgehead atoms. The molecule has 0 heterocycles. The van der Waals surface area contributed by atoms with Crippen molar-refractivity contribution in [2.24, 2.45) is 0 Å². The lowest BCUT2D eigenvalue weighted by molar-refractivity contribution is -0.122. The molecule has 0 aliphatic rings. The van der Waals surface area contributed by atoms with Gasteiger partial charge in [-0.2, -0.15) is 0 Å². The summed E-state index contributed by atoms with van der Waals surface area (Å²) in [5.41, 5.74) is 0. The van der Waals surface area contributed by atoms with E-state index in [1.54, 1.807) is 0 Å². The van der Waals surface area contributed by atoms with Gasteiger partial charge >= 0.3 is 0 Å². The van der Waals surface area contributed by atoms with E-state index < -0.39 is 20.5 Å². The molecule has 0 aliphatic heterocycles. The maximum absolute atomic E-state index is 11.7. The Morgan fingerprint density at radius 1 is 1.18 bits per heavy atom. The quantitative estimate of drug-likeness (QED) is 0.545. The monoisotopic (exact) mass is 283 g/mol. The number of sulfone groups is 1. The summed E-state index contributed by atoms with van der Waals surface area (Å²) in [5.74, 6) is 0.227. The van der Waals surface area contributed by atoms with E-state index in [-0.39, 0.29) is 0 Å². The molecule has 1 amide bonds. The summed E-state index contributed by atoms with van der Waals surface area (Å²) in [6.45, 7) is 3.36. The highest BCUT2D eigenvalue weighted by molar-refractivity contribution is 7.92. The molecule has 17 heavy (non-hydrogen) atoms. The Morgan fingerprint density at radius 3 is 2.18 bits per heavy atom. The Balaban J connectivity index is 3.96. The highest BCUT2D eigenvalue weighted by Crippen LogP contribution is 2.14. The summed E-state index contributed by atoms with van der Waals surface area (Å²) in [6.07, 6.45) is 4.93. The zero-order chi connectivity index (χ0) is 13.5. The van der Waals surface area contributed by atoms with Crippen LogP contribution in [0, 0.1) is 0 Å². The molecular formula is C11H22ClNO3S. The maximum atomic E-state index is 11.7. The molecule has 0 radical (unpaired) electrons. The number of hydrogen-bond donors (Lipinski definition) is 1. The molecule has 102 valence electrons. The molecule has 0 aliphatic carbocycles. The van der Waals surface area contributed by atoms with Gasteiger partial charge in [-0.05, 0) is 26.7 Å². The third-order valence-corrected chi connectivity index (χ3v) is 5.13. The topological polar surface area (TPSA) is 63.2 Å². The number of halogens is 1. The second-order valence-electron chi connectivity index (χ2n) is 4.64. The molecule has 0 aromatic carbocycles. The zero-order valence-corrected chi connectivity index (χ0v) is 12.3. The third kappa shape index (κ3) is 5.73. The van der Waals surface area contributed by atoms with Crippen LogP contribution in [0.3, 0.4) is 0 Å². The fourth-order valence-corrected chi connectivity index (χ4v) is 1.75. The van der Waals surface area contributed by atoms with Crippen LogP contribution in [-0.2, 0) is 14.6 Å². The van der Waals surface area contributed by atoms with E-state index in [1.807, 2.05) is 0 Å². The molecule has 0 aromatic heterocycles. The van der Waals surface area contributed by atoms with E-state index in [0.717, 1.165) is 31.9 Å². The fraction of sp³-hybridized carbons (Fsp3) is 0.909. The normalized spacial score (nSPS) is 12.5. The Kier molecular flexibility index (Phi) is 7.09. The molecule has 0 atom stereocenters. The van der Waals surface area contributed by atoms with Crippen molar-refractivity contribution >= 4 is 27.3 Å². The first-order valence-corrected chi connectivity index (χ1v) is 8.20. The average Bonchev–Trinajstić information content (AvgIpc) is 2.21. The van der Waals surface area contributed by atoms with E-state index in [1.165, 1.54) is 13.8 Å². The van der Waals surface area contributed by atoms with Crippen molar-refractivity contribution in [2.75, 3.05) is 18.7 Å². The number of nitrogens with one attached hydrogen (secondary N) is 1. The molecule has 0 fully saturated rings. The lowest BCUT2D eigenvalue weighted by atomic mass is 10.1. The number of rotatable bonds is 8. The minimum absolute atomic E-state index is 0.433. The standard InChI is InChI=1S/C11H22ClNO3S/c1-11(2,17(3,15)16)10(14)13-9-7-5-4-6-8-12/h4-9H2,1-3H3,(H,13,14). The molecular weight excluding hydrogens is 262 g/mol. The van der Waals surface area contributed by atoms with Gasteiger partial charge in [-0.15, -0.1) is 11.6 Å². The summed E-state index contributed by atoms with van der Waals surface area (Å²) < 4.78 is 21.4. The number of carbonyl (C=O) groups excluding carboxylic acids is 1. The van der Waals surface area contributed by atoms with Gasteiger partial charge in [0.15, 0.2) is 9.84 Å². The SMILES string of the molecule is CC(C)(C(=O)NCCCCCCCl)S(C)(=O)=O. The van der Waals surface area contributed by atoms with Gasteiger partial charge in [-0.25, -0.2) is 8.42 Å². The molecule has 0 rings (SSSR count). The van der Waals surface area contributed by atoms with Crippen LogP contribution in [0.1, 0.15) is 39.5 Å². The lowest BCUT2D eigenvalue weighted by Crippen LogP contribution is -2.47. The smallest absolute Gasteiger partial charge is 0.240 e. The molecule has 0 unspecified atom stereocenters. The van der Waals surface area contributed by atoms with Crippen LogP contribution in [0.15, 0.2) is 0 Å². The van der Waals surface area contributed by atoms with Crippen molar-refractivity contribution in [3.8, 4) is 0 Å². The predicted molar refractivity (Wildman–Crippen MR) is 71.1 cm³/mol. The van der Waals surface area contributed by atoms with Crippen LogP contribution in [0.2, 0.25) is 0 Å². The summed E-state index contributed by atoms with van der Waals surface area (Å²) in [6, 6.07) is 0. The van der Waals surface area contributed by atoms with Crippen LogP contribution >= 0.6 is 11.6 Å².